The fraction of sp³-hybridized carbons (Fsp3) is 0.529. The molecule has 11 nitrogen and oxygen atoms in total. The zero-order chi connectivity index (χ0) is 35.2. The molecule has 252 valence electrons. The van der Waals surface area contributed by atoms with Crippen molar-refractivity contribution in [3.05, 3.63) is 46.4 Å². The van der Waals surface area contributed by atoms with Crippen molar-refractivity contribution >= 4 is 39.9 Å². The number of benzene rings is 1. The zero-order valence-electron chi connectivity index (χ0n) is 28.8. The average Bonchev–Trinajstić information content (AvgIpc) is 3.54. The second-order valence-corrected chi connectivity index (χ2v) is 13.6. The first-order valence-electron chi connectivity index (χ1n) is 15.3. The molecule has 2 aliphatic rings. The fourth-order valence-electron chi connectivity index (χ4n) is 4.58. The number of carbonyl (C=O) groups excluding carboxylic acids is 1. The van der Waals surface area contributed by atoms with Crippen LogP contribution in [0.2, 0.25) is 0 Å². The molecular weight excluding hydrogens is 604 g/mol. The number of aromatic amines is 1. The summed E-state index contributed by atoms with van der Waals surface area (Å²) in [5, 5.41) is 16.0. The largest absolute Gasteiger partial charge is 0.462 e. The Labute approximate surface area is 276 Å². The third-order valence-electron chi connectivity index (χ3n) is 6.63. The second-order valence-electron chi connectivity index (χ2n) is 12.2. The van der Waals surface area contributed by atoms with Gasteiger partial charge in [0.1, 0.15) is 22.0 Å². The number of pyridine rings is 1. The lowest BCUT2D eigenvalue weighted by Crippen LogP contribution is -2.38. The van der Waals surface area contributed by atoms with E-state index in [9.17, 15) is 13.8 Å². The van der Waals surface area contributed by atoms with Gasteiger partial charge in [0.15, 0.2) is 5.82 Å². The molecule has 0 bridgehead atoms. The third kappa shape index (κ3) is 10.8. The zero-order valence-corrected chi connectivity index (χ0v) is 29.7. The predicted octanol–water partition coefficient (Wildman–Crippen LogP) is 6.61. The van der Waals surface area contributed by atoms with Crippen LogP contribution in [0, 0.1) is 24.2 Å². The molecule has 4 heterocycles. The third-order valence-corrected chi connectivity index (χ3v) is 8.48. The lowest BCUT2D eigenvalue weighted by Gasteiger charge is -2.29. The van der Waals surface area contributed by atoms with Gasteiger partial charge in [0.05, 0.1) is 35.2 Å². The number of nitrogens with one attached hydrogen (secondary N) is 2. The lowest BCUT2D eigenvalue weighted by molar-refractivity contribution is -0.138. The van der Waals surface area contributed by atoms with Crippen LogP contribution in [0.5, 0.6) is 0 Å². The summed E-state index contributed by atoms with van der Waals surface area (Å²) in [5.41, 5.74) is 1.94. The van der Waals surface area contributed by atoms with Gasteiger partial charge in [-0.2, -0.15) is 10.4 Å². The maximum absolute atomic E-state index is 12.9. The molecule has 46 heavy (non-hydrogen) atoms. The van der Waals surface area contributed by atoms with E-state index in [1.165, 1.54) is 6.92 Å². The number of nitrogens with zero attached hydrogens (tertiary/aromatic N) is 4. The van der Waals surface area contributed by atoms with Crippen LogP contribution in [0.4, 0.5) is 11.5 Å². The Morgan fingerprint density at radius 2 is 1.80 bits per heavy atom. The van der Waals surface area contributed by atoms with Crippen molar-refractivity contribution < 1.29 is 18.5 Å². The minimum atomic E-state index is -1.17. The van der Waals surface area contributed by atoms with Crippen molar-refractivity contribution in [3.8, 4) is 18.9 Å². The van der Waals surface area contributed by atoms with E-state index in [1.807, 2.05) is 67.9 Å². The normalized spacial score (nSPS) is 18.7. The van der Waals surface area contributed by atoms with Crippen molar-refractivity contribution in [2.45, 2.75) is 117 Å². The number of anilines is 2. The molecule has 1 saturated heterocycles. The summed E-state index contributed by atoms with van der Waals surface area (Å²) in [4.78, 5) is 25.9. The van der Waals surface area contributed by atoms with E-state index >= 15 is 0 Å². The maximum Gasteiger partial charge on any atom is 0.293 e. The van der Waals surface area contributed by atoms with E-state index in [0.717, 1.165) is 34.5 Å². The number of ether oxygens (including phenoxy) is 2. The van der Waals surface area contributed by atoms with E-state index in [2.05, 4.69) is 55.6 Å². The number of carbonyl (C=O) groups is 1. The maximum atomic E-state index is 12.9. The molecule has 3 atom stereocenters. The van der Waals surface area contributed by atoms with Gasteiger partial charge in [-0.25, -0.2) is 8.51 Å². The fourth-order valence-corrected chi connectivity index (χ4v) is 6.10. The van der Waals surface area contributed by atoms with Crippen molar-refractivity contribution in [3.63, 3.8) is 0 Å². The molecule has 2 aliphatic heterocycles. The number of hydrogen-bond acceptors (Lipinski definition) is 8. The molecule has 3 aromatic rings. The van der Waals surface area contributed by atoms with Gasteiger partial charge in [-0.1, -0.05) is 13.8 Å². The molecule has 5 rings (SSSR count). The number of nitriles is 1. The molecule has 12 heteroatoms. The number of hydrogen-bond donors (Lipinski definition) is 2. The molecule has 1 unspecified atom stereocenters. The Morgan fingerprint density at radius 3 is 2.30 bits per heavy atom. The van der Waals surface area contributed by atoms with Crippen LogP contribution >= 0.6 is 0 Å². The van der Waals surface area contributed by atoms with Crippen molar-refractivity contribution in [2.24, 2.45) is 0 Å². The van der Waals surface area contributed by atoms with Crippen LogP contribution in [0.25, 0.3) is 10.9 Å². The highest BCUT2D eigenvalue weighted by Crippen LogP contribution is 2.35. The van der Waals surface area contributed by atoms with Crippen LogP contribution in [-0.4, -0.2) is 53.6 Å². The first kappa shape index (κ1) is 40.1. The van der Waals surface area contributed by atoms with Crippen LogP contribution in [0.1, 0.15) is 93.7 Å². The van der Waals surface area contributed by atoms with E-state index in [0.29, 0.717) is 30.8 Å². The summed E-state index contributed by atoms with van der Waals surface area (Å²) in [6.45, 7) is 20.8. The summed E-state index contributed by atoms with van der Waals surface area (Å²) in [7, 11) is -1.17. The van der Waals surface area contributed by atoms with E-state index in [1.54, 1.807) is 12.3 Å². The minimum Gasteiger partial charge on any atom is -0.462 e. The minimum absolute atomic E-state index is 0.0915. The first-order valence-corrected chi connectivity index (χ1v) is 16.4. The SMILES string of the molecule is C#C.CC.CC#N.CC(C)(C)OC=O.C[C@H]1CC[C@H](n2nc(Nc3ccc4c(c3)CN(C(C)(C)C)S4=O)c3c(=O)[nH]ccc32)CO1. The summed E-state index contributed by atoms with van der Waals surface area (Å²) >= 11 is 0. The number of aromatic nitrogens is 3. The summed E-state index contributed by atoms with van der Waals surface area (Å²) in [6, 6.07) is 9.54. The van der Waals surface area contributed by atoms with Crippen LogP contribution in [0.15, 0.2) is 40.2 Å². The van der Waals surface area contributed by atoms with Crippen molar-refractivity contribution in [1.29, 1.82) is 5.26 Å². The van der Waals surface area contributed by atoms with Crippen LogP contribution < -0.4 is 10.9 Å². The standard InChI is InChI=1S/C23H29N5O3S.C5H10O2.C2H3N.C2H6.C2H2/c1-14-5-7-17(13-31-14)28-18-9-10-24-22(29)20(18)21(26-28)25-16-6-8-19-15(11-16)12-27(32(19)30)23(2,3)4;1-5(2,3)7-4-6;1-2-3;2*1-2/h6,8-11,14,17H,5,7,12-13H2,1-4H3,(H,24,29)(H,25,26);4H,1-3H3;1H3;1-2H3;1-2H/t14-,17-,32?;;;;/m0..../s1. The Kier molecular flexibility index (Phi) is 15.9. The Hall–Kier alpha value is -3.97. The molecule has 0 aliphatic carbocycles. The van der Waals surface area contributed by atoms with Gasteiger partial charge >= 0.3 is 0 Å². The van der Waals surface area contributed by atoms with Crippen LogP contribution in [0.3, 0.4) is 0 Å². The smallest absolute Gasteiger partial charge is 0.293 e. The number of terminal acetylenes is 1. The summed E-state index contributed by atoms with van der Waals surface area (Å²) in [6.07, 6.45) is 11.8. The van der Waals surface area contributed by atoms with E-state index in [4.69, 9.17) is 15.1 Å². The number of fused-ring (bicyclic) bond motifs is 2. The molecule has 0 radical (unpaired) electrons. The highest BCUT2D eigenvalue weighted by atomic mass is 32.2. The molecule has 2 N–H and O–H groups in total. The van der Waals surface area contributed by atoms with Crippen molar-refractivity contribution in [1.82, 2.24) is 19.1 Å². The summed E-state index contributed by atoms with van der Waals surface area (Å²) < 4.78 is 27.2. The van der Waals surface area contributed by atoms with Gasteiger partial charge in [-0.15, -0.1) is 12.8 Å². The van der Waals surface area contributed by atoms with Gasteiger partial charge in [0.25, 0.3) is 12.0 Å². The Balaban J connectivity index is 0.000000648. The highest BCUT2D eigenvalue weighted by molar-refractivity contribution is 7.83. The van der Waals surface area contributed by atoms with Gasteiger partial charge in [-0.3, -0.25) is 14.3 Å². The quantitative estimate of drug-likeness (QED) is 0.237. The molecule has 0 spiro atoms. The Morgan fingerprint density at radius 1 is 1.17 bits per heavy atom. The lowest BCUT2D eigenvalue weighted by atomic mass is 10.1. The summed E-state index contributed by atoms with van der Waals surface area (Å²) in [5.74, 6) is 0.521. The highest BCUT2D eigenvalue weighted by Gasteiger charge is 2.35. The van der Waals surface area contributed by atoms with Gasteiger partial charge in [-0.05, 0) is 91.1 Å². The average molecular weight is 655 g/mol. The van der Waals surface area contributed by atoms with Gasteiger partial charge in [0.2, 0.25) is 0 Å². The van der Waals surface area contributed by atoms with E-state index in [-0.39, 0.29) is 28.8 Å². The molecular formula is C34H50N6O5S. The molecule has 1 fully saturated rings. The topological polar surface area (TPSA) is 142 Å². The predicted molar refractivity (Wildman–Crippen MR) is 185 cm³/mol. The molecule has 0 saturated carbocycles. The van der Waals surface area contributed by atoms with Gasteiger partial charge in [0, 0.05) is 30.9 Å². The first-order chi connectivity index (χ1) is 21.7. The second kappa shape index (κ2) is 18.2. The number of H-pyrrole nitrogens is 1. The van der Waals surface area contributed by atoms with E-state index < -0.39 is 11.0 Å². The van der Waals surface area contributed by atoms with Crippen LogP contribution in [-0.2, 0) is 31.8 Å². The molecule has 2 aromatic heterocycles. The Bertz CT molecular complexity index is 1550. The number of rotatable bonds is 4. The molecule has 1 aromatic carbocycles. The molecule has 0 amide bonds. The van der Waals surface area contributed by atoms with Crippen molar-refractivity contribution in [2.75, 3.05) is 11.9 Å². The monoisotopic (exact) mass is 654 g/mol. The van der Waals surface area contributed by atoms with Gasteiger partial charge < -0.3 is 19.8 Å².